The zero-order valence-electron chi connectivity index (χ0n) is 11.6. The van der Waals surface area contributed by atoms with E-state index >= 15 is 0 Å². The van der Waals surface area contributed by atoms with Crippen LogP contribution in [0.2, 0.25) is 0 Å². The van der Waals surface area contributed by atoms with Crippen molar-refractivity contribution < 1.29 is 9.18 Å². The molecule has 21 heavy (non-hydrogen) atoms. The number of amides is 1. The van der Waals surface area contributed by atoms with E-state index in [1.165, 1.54) is 0 Å². The summed E-state index contributed by atoms with van der Waals surface area (Å²) in [4.78, 5) is 12.2. The first-order valence-electron chi connectivity index (χ1n) is 6.37. The van der Waals surface area contributed by atoms with Gasteiger partial charge >= 0.3 is 0 Å². The molecule has 0 aromatic heterocycles. The number of carbonyl (C=O) groups excluding carboxylic acids is 1. The minimum Gasteiger partial charge on any atom is -0.348 e. The molecule has 0 spiro atoms. The second-order valence-electron chi connectivity index (χ2n) is 4.85. The minimum absolute atomic E-state index is 0.172. The molecule has 2 aromatic carbocycles. The summed E-state index contributed by atoms with van der Waals surface area (Å²) in [5.74, 6) is -0.366. The van der Waals surface area contributed by atoms with Crippen LogP contribution in [0, 0.1) is 19.7 Å². The fraction of sp³-hybridized carbons (Fsp3) is 0.188. The molecule has 0 saturated carbocycles. The van der Waals surface area contributed by atoms with E-state index in [0.717, 1.165) is 14.5 Å². The number of carbonyl (C=O) groups is 1. The van der Waals surface area contributed by atoms with E-state index in [2.05, 4.69) is 37.2 Å². The third-order valence-corrected chi connectivity index (χ3v) is 4.27. The van der Waals surface area contributed by atoms with Crippen LogP contribution >= 0.6 is 31.9 Å². The molecule has 0 atom stereocenters. The van der Waals surface area contributed by atoms with Crippen LogP contribution in [-0.4, -0.2) is 5.91 Å². The number of hydrogen-bond donors (Lipinski definition) is 1. The van der Waals surface area contributed by atoms with Gasteiger partial charge in [0.15, 0.2) is 0 Å². The molecule has 2 nitrogen and oxygen atoms in total. The highest BCUT2D eigenvalue weighted by atomic mass is 79.9. The van der Waals surface area contributed by atoms with Crippen molar-refractivity contribution in [2.45, 2.75) is 20.4 Å². The van der Waals surface area contributed by atoms with E-state index in [1.54, 1.807) is 32.0 Å². The highest BCUT2D eigenvalue weighted by Crippen LogP contribution is 2.22. The lowest BCUT2D eigenvalue weighted by Gasteiger charge is -2.10. The van der Waals surface area contributed by atoms with Gasteiger partial charge in [0.1, 0.15) is 5.82 Å². The van der Waals surface area contributed by atoms with Crippen LogP contribution in [0.25, 0.3) is 0 Å². The molecule has 0 fully saturated rings. The second-order valence-corrected chi connectivity index (χ2v) is 6.62. The van der Waals surface area contributed by atoms with Crippen LogP contribution in [0.3, 0.4) is 0 Å². The first-order chi connectivity index (χ1) is 9.88. The summed E-state index contributed by atoms with van der Waals surface area (Å²) in [5.41, 5.74) is 2.62. The average Bonchev–Trinajstić information content (AvgIpc) is 2.42. The zero-order valence-corrected chi connectivity index (χ0v) is 14.8. The van der Waals surface area contributed by atoms with Crippen molar-refractivity contribution in [3.63, 3.8) is 0 Å². The summed E-state index contributed by atoms with van der Waals surface area (Å²) in [7, 11) is 0. The monoisotopic (exact) mass is 413 g/mol. The van der Waals surface area contributed by atoms with Gasteiger partial charge in [-0.15, -0.1) is 0 Å². The van der Waals surface area contributed by atoms with E-state index in [-0.39, 0.29) is 11.7 Å². The van der Waals surface area contributed by atoms with Crippen molar-refractivity contribution in [1.82, 2.24) is 5.32 Å². The van der Waals surface area contributed by atoms with Crippen LogP contribution in [0.1, 0.15) is 27.0 Å². The molecular weight excluding hydrogens is 401 g/mol. The van der Waals surface area contributed by atoms with Crippen molar-refractivity contribution in [2.75, 3.05) is 0 Å². The summed E-state index contributed by atoms with van der Waals surface area (Å²) in [5, 5.41) is 2.84. The number of halogens is 3. The van der Waals surface area contributed by atoms with Crippen LogP contribution in [0.5, 0.6) is 0 Å². The number of hydrogen-bond acceptors (Lipinski definition) is 1. The normalized spacial score (nSPS) is 10.5. The molecule has 0 unspecified atom stereocenters. The summed E-state index contributed by atoms with van der Waals surface area (Å²) in [6, 6.07) is 8.87. The van der Waals surface area contributed by atoms with Gasteiger partial charge in [-0.1, -0.05) is 28.1 Å². The van der Waals surface area contributed by atoms with E-state index in [0.29, 0.717) is 23.2 Å². The van der Waals surface area contributed by atoms with Gasteiger partial charge in [-0.05, 0) is 64.7 Å². The van der Waals surface area contributed by atoms with Crippen LogP contribution < -0.4 is 5.32 Å². The fourth-order valence-corrected chi connectivity index (χ4v) is 3.32. The Morgan fingerprint density at radius 1 is 1.14 bits per heavy atom. The smallest absolute Gasteiger partial charge is 0.252 e. The maximum atomic E-state index is 13.6. The average molecular weight is 415 g/mol. The standard InChI is InChI=1S/C16H14Br2FNO/c1-9-5-11(6-10(2)15(9)19)8-20-16(21)13-4-3-12(17)7-14(13)18/h3-7H,8H2,1-2H3,(H,20,21). The molecule has 0 saturated heterocycles. The molecule has 2 rings (SSSR count). The fourth-order valence-electron chi connectivity index (χ4n) is 2.09. The summed E-state index contributed by atoms with van der Waals surface area (Å²) < 4.78 is 15.2. The molecular formula is C16H14Br2FNO. The third-order valence-electron chi connectivity index (χ3n) is 3.13. The largest absolute Gasteiger partial charge is 0.348 e. The van der Waals surface area contributed by atoms with Crippen LogP contribution in [0.4, 0.5) is 4.39 Å². The van der Waals surface area contributed by atoms with Gasteiger partial charge in [-0.25, -0.2) is 4.39 Å². The van der Waals surface area contributed by atoms with Gasteiger partial charge in [0.25, 0.3) is 5.91 Å². The van der Waals surface area contributed by atoms with Crippen molar-refractivity contribution in [3.8, 4) is 0 Å². The molecule has 0 heterocycles. The number of nitrogens with one attached hydrogen (secondary N) is 1. The number of benzene rings is 2. The van der Waals surface area contributed by atoms with Gasteiger partial charge in [0.05, 0.1) is 5.56 Å². The Balaban J connectivity index is 2.11. The second kappa shape index (κ2) is 6.71. The van der Waals surface area contributed by atoms with Gasteiger partial charge in [0.2, 0.25) is 0 Å². The first-order valence-corrected chi connectivity index (χ1v) is 7.96. The third kappa shape index (κ3) is 3.92. The highest BCUT2D eigenvalue weighted by molar-refractivity contribution is 9.11. The molecule has 5 heteroatoms. The Bertz CT molecular complexity index is 678. The molecule has 0 radical (unpaired) electrons. The van der Waals surface area contributed by atoms with Crippen molar-refractivity contribution in [2.24, 2.45) is 0 Å². The molecule has 1 N–H and O–H groups in total. The van der Waals surface area contributed by atoms with E-state index in [9.17, 15) is 9.18 Å². The topological polar surface area (TPSA) is 29.1 Å². The van der Waals surface area contributed by atoms with Crippen molar-refractivity contribution in [3.05, 3.63) is 67.3 Å². The van der Waals surface area contributed by atoms with Crippen molar-refractivity contribution in [1.29, 1.82) is 0 Å². The Hall–Kier alpha value is -1.20. The first kappa shape index (κ1) is 16.2. The van der Waals surface area contributed by atoms with Gasteiger partial charge in [0, 0.05) is 15.5 Å². The quantitative estimate of drug-likeness (QED) is 0.760. The molecule has 0 aliphatic heterocycles. The summed E-state index contributed by atoms with van der Waals surface area (Å²) >= 11 is 6.71. The molecule has 1 amide bonds. The molecule has 0 aliphatic rings. The van der Waals surface area contributed by atoms with Crippen molar-refractivity contribution >= 4 is 37.8 Å². The Kier molecular flexibility index (Phi) is 5.17. The number of rotatable bonds is 3. The molecule has 110 valence electrons. The summed E-state index contributed by atoms with van der Waals surface area (Å²) in [6.07, 6.45) is 0. The van der Waals surface area contributed by atoms with Gasteiger partial charge in [-0.3, -0.25) is 4.79 Å². The highest BCUT2D eigenvalue weighted by Gasteiger charge is 2.11. The van der Waals surface area contributed by atoms with E-state index < -0.39 is 0 Å². The van der Waals surface area contributed by atoms with E-state index in [4.69, 9.17) is 0 Å². The predicted octanol–water partition coefficient (Wildman–Crippen LogP) is 4.90. The lowest BCUT2D eigenvalue weighted by molar-refractivity contribution is 0.0950. The molecule has 0 bridgehead atoms. The van der Waals surface area contributed by atoms with Crippen LogP contribution in [-0.2, 0) is 6.54 Å². The van der Waals surface area contributed by atoms with E-state index in [1.807, 2.05) is 12.1 Å². The predicted molar refractivity (Wildman–Crippen MR) is 88.9 cm³/mol. The summed E-state index contributed by atoms with van der Waals surface area (Å²) in [6.45, 7) is 3.81. The van der Waals surface area contributed by atoms with Gasteiger partial charge < -0.3 is 5.32 Å². The lowest BCUT2D eigenvalue weighted by Crippen LogP contribution is -2.23. The number of aryl methyl sites for hydroxylation is 2. The Labute approximate surface area is 140 Å². The zero-order chi connectivity index (χ0) is 15.6. The maximum Gasteiger partial charge on any atom is 0.252 e. The lowest BCUT2D eigenvalue weighted by atomic mass is 10.1. The SMILES string of the molecule is Cc1cc(CNC(=O)c2ccc(Br)cc2Br)cc(C)c1F. The molecule has 0 aliphatic carbocycles. The Morgan fingerprint density at radius 2 is 1.76 bits per heavy atom. The van der Waals surface area contributed by atoms with Crippen LogP contribution in [0.15, 0.2) is 39.3 Å². The molecule has 2 aromatic rings. The Morgan fingerprint density at radius 3 is 2.33 bits per heavy atom. The minimum atomic E-state index is -0.194. The maximum absolute atomic E-state index is 13.6. The van der Waals surface area contributed by atoms with Gasteiger partial charge in [-0.2, -0.15) is 0 Å².